The van der Waals surface area contributed by atoms with E-state index in [4.69, 9.17) is 0 Å². The van der Waals surface area contributed by atoms with Crippen molar-refractivity contribution in [3.8, 4) is 0 Å². The Morgan fingerprint density at radius 1 is 1.38 bits per heavy atom. The maximum absolute atomic E-state index is 12.8. The molecule has 3 rings (SSSR count). The molecular formula is C15H25N3O2S. The third kappa shape index (κ3) is 2.89. The number of hydrogen-bond acceptors (Lipinski definition) is 3. The van der Waals surface area contributed by atoms with Gasteiger partial charge in [0.1, 0.15) is 4.90 Å². The number of aromatic nitrogens is 1. The van der Waals surface area contributed by atoms with Crippen molar-refractivity contribution >= 4 is 10.0 Å². The molecule has 1 saturated carbocycles. The Balaban J connectivity index is 1.90. The molecule has 1 saturated heterocycles. The summed E-state index contributed by atoms with van der Waals surface area (Å²) in [6.07, 6.45) is 5.08. The van der Waals surface area contributed by atoms with Gasteiger partial charge in [0.05, 0.1) is 0 Å². The van der Waals surface area contributed by atoms with Gasteiger partial charge in [-0.3, -0.25) is 0 Å². The first-order chi connectivity index (χ1) is 9.83. The average Bonchev–Trinajstić information content (AvgIpc) is 3.05. The normalized spacial score (nSPS) is 22.8. The van der Waals surface area contributed by atoms with Gasteiger partial charge in [-0.2, -0.15) is 4.31 Å². The minimum absolute atomic E-state index is 0.0833. The highest BCUT2D eigenvalue weighted by atomic mass is 32.2. The van der Waals surface area contributed by atoms with Crippen LogP contribution in [0.2, 0.25) is 0 Å². The number of sulfonamides is 1. The molecular weight excluding hydrogens is 286 g/mol. The Labute approximate surface area is 127 Å². The summed E-state index contributed by atoms with van der Waals surface area (Å²) in [5.41, 5.74) is 1.15. The molecule has 0 unspecified atom stereocenters. The molecule has 6 heteroatoms. The van der Waals surface area contributed by atoms with E-state index < -0.39 is 10.0 Å². The van der Waals surface area contributed by atoms with Crippen molar-refractivity contribution in [3.63, 3.8) is 0 Å². The maximum atomic E-state index is 12.8. The van der Waals surface area contributed by atoms with Crippen LogP contribution in [-0.2, 0) is 16.6 Å². The highest BCUT2D eigenvalue weighted by molar-refractivity contribution is 7.89. The van der Waals surface area contributed by atoms with E-state index in [1.54, 1.807) is 4.31 Å². The minimum atomic E-state index is -3.35. The summed E-state index contributed by atoms with van der Waals surface area (Å²) in [7, 11) is -1.46. The molecule has 0 spiro atoms. The topological polar surface area (TPSA) is 54.3 Å². The number of nitrogens with one attached hydrogen (secondary N) is 1. The molecule has 1 aromatic rings. The molecule has 1 aromatic heterocycles. The largest absolute Gasteiger partial charge is 0.346 e. The third-order valence-electron chi connectivity index (χ3n) is 4.49. The van der Waals surface area contributed by atoms with Crippen molar-refractivity contribution in [1.29, 1.82) is 0 Å². The monoisotopic (exact) mass is 311 g/mol. The van der Waals surface area contributed by atoms with E-state index in [1.165, 1.54) is 0 Å². The van der Waals surface area contributed by atoms with Crippen LogP contribution in [0.3, 0.4) is 0 Å². The molecule has 0 radical (unpaired) electrons. The van der Waals surface area contributed by atoms with Crippen LogP contribution in [0.15, 0.2) is 17.2 Å². The lowest BCUT2D eigenvalue weighted by Crippen LogP contribution is -2.30. The van der Waals surface area contributed by atoms with Crippen LogP contribution in [0.25, 0.3) is 0 Å². The molecule has 5 nitrogen and oxygen atoms in total. The molecule has 2 aliphatic rings. The average molecular weight is 311 g/mol. The highest BCUT2D eigenvalue weighted by Gasteiger charge is 2.38. The molecule has 1 aliphatic heterocycles. The lowest BCUT2D eigenvalue weighted by Gasteiger charge is -2.19. The SMILES string of the molecule is CNCc1cc(S(=O)(=O)N2CCC(C)(C)C2)cn1C1CC1. The molecule has 118 valence electrons. The minimum Gasteiger partial charge on any atom is -0.346 e. The van der Waals surface area contributed by atoms with Crippen LogP contribution in [0, 0.1) is 5.41 Å². The summed E-state index contributed by atoms with van der Waals surface area (Å²) in [5, 5.41) is 3.13. The molecule has 2 heterocycles. The van der Waals surface area contributed by atoms with Crippen molar-refractivity contribution in [2.45, 2.75) is 50.6 Å². The van der Waals surface area contributed by atoms with Gasteiger partial charge in [0.15, 0.2) is 0 Å². The van der Waals surface area contributed by atoms with Crippen LogP contribution in [0.5, 0.6) is 0 Å². The first kappa shape index (κ1) is 15.1. The third-order valence-corrected chi connectivity index (χ3v) is 6.30. The summed E-state index contributed by atoms with van der Waals surface area (Å²) in [4.78, 5) is 0.456. The second kappa shape index (κ2) is 5.11. The Bertz CT molecular complexity index is 629. The van der Waals surface area contributed by atoms with Gasteiger partial charge in [0.25, 0.3) is 0 Å². The summed E-state index contributed by atoms with van der Waals surface area (Å²) in [6, 6.07) is 2.34. The van der Waals surface area contributed by atoms with Crippen LogP contribution in [0.4, 0.5) is 0 Å². The maximum Gasteiger partial charge on any atom is 0.244 e. The van der Waals surface area contributed by atoms with Gasteiger partial charge in [0, 0.05) is 37.6 Å². The summed E-state index contributed by atoms with van der Waals surface area (Å²) in [6.45, 7) is 6.21. The van der Waals surface area contributed by atoms with E-state index in [2.05, 4.69) is 23.7 Å². The Hall–Kier alpha value is -0.850. The predicted molar refractivity (Wildman–Crippen MR) is 82.6 cm³/mol. The summed E-state index contributed by atoms with van der Waals surface area (Å²) < 4.78 is 29.4. The van der Waals surface area contributed by atoms with E-state index in [0.717, 1.165) is 25.0 Å². The van der Waals surface area contributed by atoms with Gasteiger partial charge >= 0.3 is 0 Å². The van der Waals surface area contributed by atoms with Crippen molar-refractivity contribution in [2.24, 2.45) is 5.41 Å². The molecule has 0 aromatic carbocycles. The van der Waals surface area contributed by atoms with E-state index >= 15 is 0 Å². The van der Waals surface area contributed by atoms with Gasteiger partial charge in [0.2, 0.25) is 10.0 Å². The fourth-order valence-electron chi connectivity index (χ4n) is 3.07. The highest BCUT2D eigenvalue weighted by Crippen LogP contribution is 2.38. The predicted octanol–water partition coefficient (Wildman–Crippen LogP) is 1.96. The van der Waals surface area contributed by atoms with Gasteiger partial charge in [-0.25, -0.2) is 8.42 Å². The quantitative estimate of drug-likeness (QED) is 0.904. The molecule has 1 N–H and O–H groups in total. The first-order valence-corrected chi connectivity index (χ1v) is 9.13. The van der Waals surface area contributed by atoms with E-state index in [-0.39, 0.29) is 5.41 Å². The van der Waals surface area contributed by atoms with Crippen LogP contribution < -0.4 is 5.32 Å². The zero-order valence-electron chi connectivity index (χ0n) is 13.1. The van der Waals surface area contributed by atoms with Gasteiger partial charge < -0.3 is 9.88 Å². The number of nitrogens with zero attached hydrogens (tertiary/aromatic N) is 2. The van der Waals surface area contributed by atoms with Gasteiger partial charge in [-0.15, -0.1) is 0 Å². The number of hydrogen-bond donors (Lipinski definition) is 1. The van der Waals surface area contributed by atoms with Crippen molar-refractivity contribution in [2.75, 3.05) is 20.1 Å². The Kier molecular flexibility index (Phi) is 3.66. The van der Waals surface area contributed by atoms with Crippen molar-refractivity contribution in [3.05, 3.63) is 18.0 Å². The van der Waals surface area contributed by atoms with Crippen molar-refractivity contribution < 1.29 is 8.42 Å². The molecule has 2 fully saturated rings. The summed E-state index contributed by atoms with van der Waals surface area (Å²) in [5.74, 6) is 0. The lowest BCUT2D eigenvalue weighted by atomic mass is 9.93. The Morgan fingerprint density at radius 3 is 2.62 bits per heavy atom. The molecule has 21 heavy (non-hydrogen) atoms. The van der Waals surface area contributed by atoms with Crippen LogP contribution >= 0.6 is 0 Å². The van der Waals surface area contributed by atoms with E-state index in [0.29, 0.717) is 30.6 Å². The molecule has 0 atom stereocenters. The zero-order chi connectivity index (χ0) is 15.3. The van der Waals surface area contributed by atoms with Gasteiger partial charge in [-0.1, -0.05) is 13.8 Å². The number of rotatable bonds is 5. The Morgan fingerprint density at radius 2 is 2.10 bits per heavy atom. The second-order valence-corrected chi connectivity index (χ2v) is 9.03. The second-order valence-electron chi connectivity index (χ2n) is 7.09. The lowest BCUT2D eigenvalue weighted by molar-refractivity contribution is 0.375. The van der Waals surface area contributed by atoms with E-state index in [9.17, 15) is 8.42 Å². The first-order valence-electron chi connectivity index (χ1n) is 7.69. The smallest absolute Gasteiger partial charge is 0.244 e. The van der Waals surface area contributed by atoms with Crippen LogP contribution in [0.1, 0.15) is 44.8 Å². The van der Waals surface area contributed by atoms with Crippen molar-refractivity contribution in [1.82, 2.24) is 14.2 Å². The van der Waals surface area contributed by atoms with Crippen LogP contribution in [-0.4, -0.2) is 37.4 Å². The standard InChI is InChI=1S/C15H25N3O2S/c1-15(2)6-7-17(11-15)21(19,20)14-8-13(9-16-3)18(10-14)12-4-5-12/h8,10,12,16H,4-7,9,11H2,1-3H3. The molecule has 1 aliphatic carbocycles. The fourth-order valence-corrected chi connectivity index (χ4v) is 4.75. The van der Waals surface area contributed by atoms with Gasteiger partial charge in [-0.05, 0) is 37.8 Å². The zero-order valence-corrected chi connectivity index (χ0v) is 13.9. The summed E-state index contributed by atoms with van der Waals surface area (Å²) >= 11 is 0. The molecule has 0 bridgehead atoms. The molecule has 0 amide bonds. The van der Waals surface area contributed by atoms with E-state index in [1.807, 2.05) is 19.3 Å². The fraction of sp³-hybridized carbons (Fsp3) is 0.733.